The molecule has 2 aromatic carbocycles. The Bertz CT molecular complexity index is 1030. The Morgan fingerprint density at radius 2 is 1.89 bits per heavy atom. The fourth-order valence-electron chi connectivity index (χ4n) is 3.46. The topological polar surface area (TPSA) is 95.8 Å². The molecular weight excluding hydrogens is 367 g/mol. The van der Waals surface area contributed by atoms with E-state index in [1.54, 1.807) is 13.1 Å². The summed E-state index contributed by atoms with van der Waals surface area (Å²) in [5, 5.41) is 13.8. The first-order chi connectivity index (χ1) is 13.4. The average molecular weight is 382 g/mol. The van der Waals surface area contributed by atoms with Gasteiger partial charge in [-0.1, -0.05) is 12.1 Å². The normalized spacial score (nSPS) is 19.0. The van der Waals surface area contributed by atoms with E-state index >= 15 is 0 Å². The van der Waals surface area contributed by atoms with Crippen molar-refractivity contribution in [3.05, 3.63) is 81.3 Å². The van der Waals surface area contributed by atoms with Crippen molar-refractivity contribution in [2.24, 2.45) is 0 Å². The smallest absolute Gasteiger partial charge is 0.322 e. The predicted molar refractivity (Wildman–Crippen MR) is 97.9 cm³/mol. The van der Waals surface area contributed by atoms with Gasteiger partial charge in [0.25, 0.3) is 11.6 Å². The summed E-state index contributed by atoms with van der Waals surface area (Å²) in [4.78, 5) is 38.9. The van der Waals surface area contributed by atoms with Crippen LogP contribution >= 0.6 is 0 Å². The lowest BCUT2D eigenvalue weighted by Crippen LogP contribution is -2.45. The second-order valence-electron chi connectivity index (χ2n) is 6.52. The molecule has 2 aliphatic rings. The van der Waals surface area contributed by atoms with Crippen molar-refractivity contribution in [2.75, 3.05) is 18.5 Å². The molecule has 4 rings (SSSR count). The first kappa shape index (κ1) is 17.7. The molecule has 1 atom stereocenters. The maximum Gasteiger partial charge on any atom is 0.322 e. The molecule has 0 bridgehead atoms. The van der Waals surface area contributed by atoms with E-state index in [-0.39, 0.29) is 18.1 Å². The van der Waals surface area contributed by atoms with Crippen molar-refractivity contribution >= 4 is 23.3 Å². The van der Waals surface area contributed by atoms with E-state index in [0.717, 1.165) is 0 Å². The number of anilines is 1. The monoisotopic (exact) mass is 382 g/mol. The molecule has 0 saturated carbocycles. The quantitative estimate of drug-likeness (QED) is 0.652. The number of carbonyl (C=O) groups is 2. The summed E-state index contributed by atoms with van der Waals surface area (Å²) in [7, 11) is 1.55. The number of urea groups is 1. The summed E-state index contributed by atoms with van der Waals surface area (Å²) in [6.07, 6.45) is 0. The zero-order valence-electron chi connectivity index (χ0n) is 14.8. The minimum Gasteiger partial charge on any atom is -0.327 e. The number of halogens is 1. The highest BCUT2D eigenvalue weighted by Crippen LogP contribution is 2.38. The van der Waals surface area contributed by atoms with E-state index in [2.05, 4.69) is 5.32 Å². The molecule has 2 heterocycles. The van der Waals surface area contributed by atoms with E-state index in [4.69, 9.17) is 0 Å². The third-order valence-corrected chi connectivity index (χ3v) is 4.91. The SMILES string of the molecule is CN1C(=O)N[C@@H](c2cccc([N+](=O)[O-])c2)C2=C1CN(c1ccc(F)cc1)C2=O. The van der Waals surface area contributed by atoms with E-state index in [0.29, 0.717) is 22.5 Å². The molecule has 0 aromatic heterocycles. The van der Waals surface area contributed by atoms with Gasteiger partial charge in [-0.2, -0.15) is 0 Å². The maximum atomic E-state index is 13.2. The summed E-state index contributed by atoms with van der Waals surface area (Å²) in [6, 6.07) is 10.1. The van der Waals surface area contributed by atoms with Crippen LogP contribution in [0.5, 0.6) is 0 Å². The number of benzene rings is 2. The Morgan fingerprint density at radius 3 is 2.57 bits per heavy atom. The molecule has 0 aliphatic carbocycles. The van der Waals surface area contributed by atoms with Gasteiger partial charge in [-0.15, -0.1) is 0 Å². The highest BCUT2D eigenvalue weighted by molar-refractivity contribution is 6.11. The van der Waals surface area contributed by atoms with Crippen molar-refractivity contribution in [1.29, 1.82) is 0 Å². The van der Waals surface area contributed by atoms with Crippen LogP contribution in [0.2, 0.25) is 0 Å². The number of nitrogens with zero attached hydrogens (tertiary/aromatic N) is 3. The number of hydrogen-bond donors (Lipinski definition) is 1. The molecule has 28 heavy (non-hydrogen) atoms. The van der Waals surface area contributed by atoms with Crippen molar-refractivity contribution in [3.63, 3.8) is 0 Å². The van der Waals surface area contributed by atoms with E-state index in [1.807, 2.05) is 0 Å². The summed E-state index contributed by atoms with van der Waals surface area (Å²) in [6.45, 7) is 0.148. The van der Waals surface area contributed by atoms with Crippen LogP contribution in [0.4, 0.5) is 20.6 Å². The van der Waals surface area contributed by atoms with Gasteiger partial charge in [0.05, 0.1) is 28.8 Å². The number of amides is 3. The van der Waals surface area contributed by atoms with Crippen LogP contribution in [-0.2, 0) is 4.79 Å². The van der Waals surface area contributed by atoms with Gasteiger partial charge < -0.3 is 10.2 Å². The van der Waals surface area contributed by atoms with Gasteiger partial charge in [-0.05, 0) is 29.8 Å². The predicted octanol–water partition coefficient (Wildman–Crippen LogP) is 2.73. The van der Waals surface area contributed by atoms with Crippen molar-refractivity contribution in [3.8, 4) is 0 Å². The number of hydrogen-bond acceptors (Lipinski definition) is 4. The molecule has 2 aliphatic heterocycles. The van der Waals surface area contributed by atoms with Crippen LogP contribution < -0.4 is 10.2 Å². The molecular formula is C19H15FN4O4. The summed E-state index contributed by atoms with van der Waals surface area (Å²) >= 11 is 0. The molecule has 9 heteroatoms. The molecule has 142 valence electrons. The maximum absolute atomic E-state index is 13.2. The second-order valence-corrected chi connectivity index (χ2v) is 6.52. The molecule has 3 amide bonds. The first-order valence-corrected chi connectivity index (χ1v) is 8.46. The standard InChI is InChI=1S/C19H15FN4O4/c1-22-15-10-23(13-7-5-12(20)6-8-13)18(25)16(15)17(21-19(22)26)11-3-2-4-14(9-11)24(27)28/h2-9,17H,10H2,1H3,(H,21,26)/t17-/m0/s1. The van der Waals surface area contributed by atoms with Gasteiger partial charge in [0, 0.05) is 24.9 Å². The number of nitro benzene ring substituents is 1. The molecule has 0 fully saturated rings. The summed E-state index contributed by atoms with van der Waals surface area (Å²) in [5.74, 6) is -0.762. The highest BCUT2D eigenvalue weighted by Gasteiger charge is 2.43. The lowest BCUT2D eigenvalue weighted by molar-refractivity contribution is -0.384. The number of nitro groups is 1. The van der Waals surface area contributed by atoms with Gasteiger partial charge in [0.2, 0.25) is 0 Å². The first-order valence-electron chi connectivity index (χ1n) is 8.46. The van der Waals surface area contributed by atoms with Crippen LogP contribution in [-0.4, -0.2) is 35.4 Å². The summed E-state index contributed by atoms with van der Waals surface area (Å²) in [5.41, 5.74) is 1.66. The minimum atomic E-state index is -0.809. The van der Waals surface area contributed by atoms with Crippen molar-refractivity contribution < 1.29 is 18.9 Å². The van der Waals surface area contributed by atoms with Gasteiger partial charge in [0.15, 0.2) is 0 Å². The fraction of sp³-hybridized carbons (Fsp3) is 0.158. The van der Waals surface area contributed by atoms with E-state index in [9.17, 15) is 24.1 Å². The molecule has 0 saturated heterocycles. The van der Waals surface area contributed by atoms with Gasteiger partial charge >= 0.3 is 6.03 Å². The van der Waals surface area contributed by atoms with Crippen LogP contribution in [0, 0.1) is 15.9 Å². The van der Waals surface area contributed by atoms with Crippen LogP contribution in [0.15, 0.2) is 59.8 Å². The largest absolute Gasteiger partial charge is 0.327 e. The van der Waals surface area contributed by atoms with Crippen molar-refractivity contribution in [1.82, 2.24) is 10.2 Å². The number of nitrogens with one attached hydrogen (secondary N) is 1. The number of rotatable bonds is 3. The zero-order valence-corrected chi connectivity index (χ0v) is 14.8. The third-order valence-electron chi connectivity index (χ3n) is 4.91. The lowest BCUT2D eigenvalue weighted by Gasteiger charge is -2.30. The molecule has 1 N–H and O–H groups in total. The van der Waals surface area contributed by atoms with Gasteiger partial charge in [0.1, 0.15) is 5.82 Å². The molecule has 0 radical (unpaired) electrons. The number of carbonyl (C=O) groups excluding carboxylic acids is 2. The van der Waals surface area contributed by atoms with Crippen molar-refractivity contribution in [2.45, 2.75) is 6.04 Å². The van der Waals surface area contributed by atoms with Crippen LogP contribution in [0.25, 0.3) is 0 Å². The second kappa shape index (κ2) is 6.45. The highest BCUT2D eigenvalue weighted by atomic mass is 19.1. The van der Waals surface area contributed by atoms with Gasteiger partial charge in [-0.25, -0.2) is 9.18 Å². The molecule has 0 spiro atoms. The number of likely N-dealkylation sites (N-methyl/N-ethyl adjacent to an activating group) is 1. The Balaban J connectivity index is 1.76. The average Bonchev–Trinajstić information content (AvgIpc) is 3.03. The van der Waals surface area contributed by atoms with Gasteiger partial charge in [-0.3, -0.25) is 19.8 Å². The Kier molecular flexibility index (Phi) is 4.07. The summed E-state index contributed by atoms with van der Waals surface area (Å²) < 4.78 is 13.2. The Hall–Kier alpha value is -3.75. The third kappa shape index (κ3) is 2.77. The zero-order chi connectivity index (χ0) is 20.0. The van der Waals surface area contributed by atoms with E-state index in [1.165, 1.54) is 52.3 Å². The van der Waals surface area contributed by atoms with E-state index < -0.39 is 22.8 Å². The minimum absolute atomic E-state index is 0.131. The Morgan fingerprint density at radius 1 is 1.18 bits per heavy atom. The van der Waals surface area contributed by atoms with Crippen LogP contribution in [0.1, 0.15) is 11.6 Å². The fourth-order valence-corrected chi connectivity index (χ4v) is 3.46. The lowest BCUT2D eigenvalue weighted by atomic mass is 9.95. The number of non-ortho nitro benzene ring substituents is 1. The van der Waals surface area contributed by atoms with Crippen LogP contribution in [0.3, 0.4) is 0 Å². The molecule has 8 nitrogen and oxygen atoms in total. The molecule has 2 aromatic rings. The molecule has 0 unspecified atom stereocenters. The Labute approximate surface area is 159 Å².